The number of fused-ring (bicyclic) bond motifs is 1. The van der Waals surface area contributed by atoms with Gasteiger partial charge in [0.05, 0.1) is 6.04 Å². The molecule has 1 N–H and O–H groups in total. The molecular formula is C8H11ClN4O. The van der Waals surface area contributed by atoms with Crippen LogP contribution in [0.25, 0.3) is 0 Å². The number of nitrogens with zero attached hydrogens (tertiary/aromatic N) is 3. The predicted molar refractivity (Wildman–Crippen MR) is 54.3 cm³/mol. The first-order chi connectivity index (χ1) is 6.61. The summed E-state index contributed by atoms with van der Waals surface area (Å²) in [5, 5.41) is 14.9. The average Bonchev–Trinajstić information content (AvgIpc) is 2.56. The van der Waals surface area contributed by atoms with Crippen LogP contribution in [-0.4, -0.2) is 17.7 Å². The lowest BCUT2D eigenvalue weighted by molar-refractivity contribution is -0.594. The Morgan fingerprint density at radius 1 is 1.71 bits per heavy atom. The number of halogens is 1. The minimum atomic E-state index is 0.252. The van der Waals surface area contributed by atoms with E-state index < -0.39 is 0 Å². The molecule has 0 aliphatic carbocycles. The molecule has 1 aromatic heterocycles. The maximum absolute atomic E-state index is 11.5. The van der Waals surface area contributed by atoms with E-state index in [0.717, 1.165) is 4.73 Å². The van der Waals surface area contributed by atoms with E-state index in [0.29, 0.717) is 23.3 Å². The van der Waals surface area contributed by atoms with Crippen molar-refractivity contribution in [3.05, 3.63) is 16.7 Å². The third-order valence-corrected chi connectivity index (χ3v) is 2.52. The molecule has 2 rings (SSSR count). The van der Waals surface area contributed by atoms with Crippen molar-refractivity contribution in [2.75, 3.05) is 16.9 Å². The Morgan fingerprint density at radius 2 is 2.43 bits per heavy atom. The molecular weight excluding hydrogens is 204 g/mol. The van der Waals surface area contributed by atoms with Crippen molar-refractivity contribution in [2.45, 2.75) is 19.9 Å². The van der Waals surface area contributed by atoms with Gasteiger partial charge in [0.2, 0.25) is 11.5 Å². The molecule has 1 aliphatic rings. The molecule has 6 heteroatoms. The highest BCUT2D eigenvalue weighted by Gasteiger charge is 2.31. The molecule has 14 heavy (non-hydrogen) atoms. The standard InChI is InChI=1S/C8H11ClN4O/c1-5(2)12-3-10-6-7(9)11-4-13(14)8(6)12/h4-5,10H,3H2,1-2H3. The van der Waals surface area contributed by atoms with Gasteiger partial charge in [0.25, 0.3) is 5.82 Å². The molecule has 0 atom stereocenters. The Balaban J connectivity index is 2.53. The first-order valence-corrected chi connectivity index (χ1v) is 4.77. The van der Waals surface area contributed by atoms with Crippen LogP contribution in [0.15, 0.2) is 6.33 Å². The monoisotopic (exact) mass is 214 g/mol. The second-order valence-electron chi connectivity index (χ2n) is 3.46. The Morgan fingerprint density at radius 3 is 3.07 bits per heavy atom. The van der Waals surface area contributed by atoms with Crippen LogP contribution in [0, 0.1) is 5.21 Å². The molecule has 0 aromatic carbocycles. The molecule has 1 aliphatic heterocycles. The van der Waals surface area contributed by atoms with E-state index in [1.54, 1.807) is 0 Å². The van der Waals surface area contributed by atoms with Gasteiger partial charge in [0, 0.05) is 0 Å². The van der Waals surface area contributed by atoms with Gasteiger partial charge in [-0.2, -0.15) is 0 Å². The van der Waals surface area contributed by atoms with Crippen molar-refractivity contribution in [1.82, 2.24) is 4.98 Å². The lowest BCUT2D eigenvalue weighted by Gasteiger charge is -2.20. The summed E-state index contributed by atoms with van der Waals surface area (Å²) < 4.78 is 0.737. The van der Waals surface area contributed by atoms with Gasteiger partial charge in [0.15, 0.2) is 5.69 Å². The van der Waals surface area contributed by atoms with Gasteiger partial charge in [0.1, 0.15) is 6.67 Å². The maximum Gasteiger partial charge on any atom is 0.254 e. The quantitative estimate of drug-likeness (QED) is 0.430. The highest BCUT2D eigenvalue weighted by molar-refractivity contribution is 6.32. The number of anilines is 2. The summed E-state index contributed by atoms with van der Waals surface area (Å²) in [7, 11) is 0. The second-order valence-corrected chi connectivity index (χ2v) is 3.82. The smallest absolute Gasteiger partial charge is 0.254 e. The van der Waals surface area contributed by atoms with Crippen molar-refractivity contribution in [1.29, 1.82) is 0 Å². The third kappa shape index (κ3) is 1.24. The van der Waals surface area contributed by atoms with E-state index in [1.165, 1.54) is 6.33 Å². The maximum atomic E-state index is 11.5. The average molecular weight is 215 g/mol. The highest BCUT2D eigenvalue weighted by atomic mass is 35.5. The molecule has 0 amide bonds. The van der Waals surface area contributed by atoms with Crippen LogP contribution in [0.5, 0.6) is 0 Å². The number of hydrogen-bond acceptors (Lipinski definition) is 4. The molecule has 0 saturated carbocycles. The number of rotatable bonds is 1. The molecule has 0 bridgehead atoms. The van der Waals surface area contributed by atoms with Gasteiger partial charge in [-0.05, 0) is 25.4 Å². The number of hydrogen-bond donors (Lipinski definition) is 1. The molecule has 2 heterocycles. The normalized spacial score (nSPS) is 14.4. The van der Waals surface area contributed by atoms with Crippen LogP contribution in [0.1, 0.15) is 13.8 Å². The van der Waals surface area contributed by atoms with Gasteiger partial charge in [-0.3, -0.25) is 4.90 Å². The fraction of sp³-hybridized carbons (Fsp3) is 0.500. The fourth-order valence-corrected chi connectivity index (χ4v) is 1.71. The highest BCUT2D eigenvalue weighted by Crippen LogP contribution is 2.33. The Labute approximate surface area is 86.9 Å². The van der Waals surface area contributed by atoms with E-state index in [1.807, 2.05) is 18.7 Å². The summed E-state index contributed by atoms with van der Waals surface area (Å²) in [5.74, 6) is 0.556. The van der Waals surface area contributed by atoms with Crippen molar-refractivity contribution in [3.8, 4) is 0 Å². The summed E-state index contributed by atoms with van der Waals surface area (Å²) >= 11 is 5.86. The van der Waals surface area contributed by atoms with E-state index in [9.17, 15) is 5.21 Å². The van der Waals surface area contributed by atoms with Gasteiger partial charge in [-0.25, -0.2) is 4.73 Å². The summed E-state index contributed by atoms with van der Waals surface area (Å²) in [6.07, 6.45) is 1.18. The fourth-order valence-electron chi connectivity index (χ4n) is 1.51. The zero-order valence-electron chi connectivity index (χ0n) is 7.99. The number of aromatic nitrogens is 2. The van der Waals surface area contributed by atoms with Crippen molar-refractivity contribution in [3.63, 3.8) is 0 Å². The topological polar surface area (TPSA) is 55.1 Å². The van der Waals surface area contributed by atoms with Crippen LogP contribution in [0.3, 0.4) is 0 Å². The van der Waals surface area contributed by atoms with Gasteiger partial charge >= 0.3 is 0 Å². The van der Waals surface area contributed by atoms with Crippen LogP contribution in [0.2, 0.25) is 5.15 Å². The molecule has 0 radical (unpaired) electrons. The van der Waals surface area contributed by atoms with Gasteiger partial charge < -0.3 is 10.5 Å². The SMILES string of the molecule is CC(C)N1CNc2c(Cl)nc[n+]([O-])c21. The summed E-state index contributed by atoms with van der Waals surface area (Å²) in [4.78, 5) is 5.71. The lowest BCUT2D eigenvalue weighted by atomic mass is 10.3. The van der Waals surface area contributed by atoms with Crippen LogP contribution in [0.4, 0.5) is 11.5 Å². The van der Waals surface area contributed by atoms with E-state index in [4.69, 9.17) is 11.6 Å². The summed E-state index contributed by atoms with van der Waals surface area (Å²) in [6.45, 7) is 4.64. The minimum Gasteiger partial charge on any atom is -0.740 e. The van der Waals surface area contributed by atoms with Crippen LogP contribution < -0.4 is 14.9 Å². The Kier molecular flexibility index (Phi) is 2.11. The molecule has 0 fully saturated rings. The Hall–Kier alpha value is -1.23. The van der Waals surface area contributed by atoms with Crippen molar-refractivity contribution >= 4 is 23.1 Å². The van der Waals surface area contributed by atoms with Gasteiger partial charge in [-0.15, -0.1) is 0 Å². The van der Waals surface area contributed by atoms with Crippen LogP contribution in [-0.2, 0) is 0 Å². The molecule has 5 nitrogen and oxygen atoms in total. The number of nitrogens with one attached hydrogen (secondary N) is 1. The summed E-state index contributed by atoms with van der Waals surface area (Å²) in [6, 6.07) is 0.252. The molecule has 0 spiro atoms. The zero-order valence-corrected chi connectivity index (χ0v) is 8.75. The predicted octanol–water partition coefficient (Wildman–Crippen LogP) is 0.966. The Bertz CT molecular complexity index is 369. The second kappa shape index (κ2) is 3.16. The minimum absolute atomic E-state index is 0.252. The van der Waals surface area contributed by atoms with Crippen LogP contribution >= 0.6 is 11.6 Å². The van der Waals surface area contributed by atoms with Crippen molar-refractivity contribution < 1.29 is 4.73 Å². The largest absolute Gasteiger partial charge is 0.740 e. The first kappa shape index (κ1) is 9.33. The summed E-state index contributed by atoms with van der Waals surface area (Å²) in [5.41, 5.74) is 0.623. The van der Waals surface area contributed by atoms with E-state index >= 15 is 0 Å². The third-order valence-electron chi connectivity index (χ3n) is 2.24. The van der Waals surface area contributed by atoms with E-state index in [-0.39, 0.29) is 6.04 Å². The van der Waals surface area contributed by atoms with Crippen molar-refractivity contribution in [2.24, 2.45) is 0 Å². The zero-order chi connectivity index (χ0) is 10.3. The lowest BCUT2D eigenvalue weighted by Crippen LogP contribution is -2.39. The molecule has 0 unspecified atom stereocenters. The first-order valence-electron chi connectivity index (χ1n) is 4.39. The molecule has 76 valence electrons. The van der Waals surface area contributed by atoms with E-state index in [2.05, 4.69) is 10.3 Å². The molecule has 0 saturated heterocycles. The molecule has 1 aromatic rings. The van der Waals surface area contributed by atoms with Gasteiger partial charge in [-0.1, -0.05) is 4.98 Å².